The average Bonchev–Trinajstić information content (AvgIpc) is 2.92. The number of rotatable bonds is 2. The second-order valence-electron chi connectivity index (χ2n) is 6.18. The van der Waals surface area contributed by atoms with Gasteiger partial charge in [0.2, 0.25) is 0 Å². The Labute approximate surface area is 178 Å². The summed E-state index contributed by atoms with van der Waals surface area (Å²) >= 11 is 10.0. The van der Waals surface area contributed by atoms with Gasteiger partial charge >= 0.3 is 5.96 Å². The summed E-state index contributed by atoms with van der Waals surface area (Å²) in [5.74, 6) is 0.948. The lowest BCUT2D eigenvalue weighted by atomic mass is 10.0. The number of hydrogen-bond acceptors (Lipinski definition) is 4. The van der Waals surface area contributed by atoms with Crippen LogP contribution in [0.4, 0.5) is 5.69 Å². The number of halogens is 3. The number of hydrazine groups is 1. The van der Waals surface area contributed by atoms with E-state index in [4.69, 9.17) is 16.6 Å². The van der Waals surface area contributed by atoms with Crippen molar-refractivity contribution in [3.8, 4) is 0 Å². The molecule has 0 amide bonds. The zero-order chi connectivity index (χ0) is 18.3. The van der Waals surface area contributed by atoms with Gasteiger partial charge in [-0.15, -0.1) is 5.01 Å². The highest BCUT2D eigenvalue weighted by Crippen LogP contribution is 2.33. The molecule has 0 aromatic heterocycles. The Balaban J connectivity index is 0.00000210. The van der Waals surface area contributed by atoms with Gasteiger partial charge in [0.05, 0.1) is 19.3 Å². The van der Waals surface area contributed by atoms with Crippen LogP contribution in [0.15, 0.2) is 51.9 Å². The van der Waals surface area contributed by atoms with E-state index in [2.05, 4.69) is 55.3 Å². The van der Waals surface area contributed by atoms with E-state index in [0.29, 0.717) is 11.6 Å². The molecule has 0 saturated heterocycles. The molecule has 0 radical (unpaired) electrons. The van der Waals surface area contributed by atoms with Crippen LogP contribution >= 0.6 is 27.5 Å². The number of aliphatic imine (C=N–C) groups is 1. The van der Waals surface area contributed by atoms with Crippen LogP contribution in [0.1, 0.15) is 18.1 Å². The molecule has 2 aromatic rings. The van der Waals surface area contributed by atoms with Gasteiger partial charge in [0.25, 0.3) is 0 Å². The Hall–Kier alpha value is -1.60. The zero-order valence-electron chi connectivity index (χ0n) is 15.0. The number of benzene rings is 2. The topological polar surface area (TPSA) is 42.7 Å². The van der Waals surface area contributed by atoms with Gasteiger partial charge in [-0.25, -0.2) is 4.58 Å². The van der Waals surface area contributed by atoms with E-state index in [1.165, 1.54) is 0 Å². The maximum Gasteiger partial charge on any atom is 0.369 e. The SMILES string of the molecule is CCN1NC(NC)=[N+]2c3ccc(Cl)cc3C(c3ccccc3Br)=NCC12.[Cl-]. The monoisotopic (exact) mass is 467 g/mol. The maximum atomic E-state index is 6.36. The van der Waals surface area contributed by atoms with Gasteiger partial charge in [-0.1, -0.05) is 45.7 Å². The summed E-state index contributed by atoms with van der Waals surface area (Å²) in [4.78, 5) is 5.01. The third-order valence-electron chi connectivity index (χ3n) is 4.74. The highest BCUT2D eigenvalue weighted by Gasteiger charge is 2.40. The molecule has 1 unspecified atom stereocenters. The van der Waals surface area contributed by atoms with Crippen LogP contribution in [0.2, 0.25) is 5.02 Å². The summed E-state index contributed by atoms with van der Waals surface area (Å²) in [6.07, 6.45) is 0.0994. The Morgan fingerprint density at radius 3 is 2.78 bits per heavy atom. The number of fused-ring (bicyclic) bond motifs is 3. The minimum absolute atomic E-state index is 0. The predicted molar refractivity (Wildman–Crippen MR) is 109 cm³/mol. The van der Waals surface area contributed by atoms with Gasteiger partial charge in [0, 0.05) is 27.2 Å². The fourth-order valence-electron chi connectivity index (χ4n) is 3.53. The fourth-order valence-corrected chi connectivity index (χ4v) is 4.17. The quantitative estimate of drug-likeness (QED) is 0.625. The highest BCUT2D eigenvalue weighted by atomic mass is 79.9. The molecule has 0 spiro atoms. The Bertz CT molecular complexity index is 928. The minimum Gasteiger partial charge on any atom is -1.00 e. The molecule has 0 fully saturated rings. The van der Waals surface area contributed by atoms with Crippen LogP contribution < -0.4 is 23.1 Å². The Morgan fingerprint density at radius 2 is 2.07 bits per heavy atom. The van der Waals surface area contributed by atoms with E-state index >= 15 is 0 Å². The summed E-state index contributed by atoms with van der Waals surface area (Å²) in [5.41, 5.74) is 7.57. The number of hydrogen-bond donors (Lipinski definition) is 2. The first kappa shape index (κ1) is 20.1. The highest BCUT2D eigenvalue weighted by molar-refractivity contribution is 9.10. The fraction of sp³-hybridized carbons (Fsp3) is 0.263. The van der Waals surface area contributed by atoms with Crippen molar-refractivity contribution in [2.75, 3.05) is 20.1 Å². The summed E-state index contributed by atoms with van der Waals surface area (Å²) in [5, 5.41) is 6.17. The zero-order valence-corrected chi connectivity index (χ0v) is 18.1. The summed E-state index contributed by atoms with van der Waals surface area (Å²) in [7, 11) is 1.93. The number of likely N-dealkylation sites (N-methyl/N-ethyl adjacent to an activating group) is 1. The van der Waals surface area contributed by atoms with Gasteiger partial charge in [-0.05, 0) is 31.2 Å². The molecule has 2 aliphatic heterocycles. The minimum atomic E-state index is 0. The molecule has 4 rings (SSSR count). The predicted octanol–water partition coefficient (Wildman–Crippen LogP) is 0.343. The van der Waals surface area contributed by atoms with Crippen LogP contribution in [0.25, 0.3) is 0 Å². The van der Waals surface area contributed by atoms with Gasteiger partial charge in [-0.3, -0.25) is 10.3 Å². The van der Waals surface area contributed by atoms with Gasteiger partial charge in [0.15, 0.2) is 6.17 Å². The lowest BCUT2D eigenvalue weighted by molar-refractivity contribution is -0.497. The molecule has 5 nitrogen and oxygen atoms in total. The largest absolute Gasteiger partial charge is 1.00 e. The second-order valence-corrected chi connectivity index (χ2v) is 7.47. The maximum absolute atomic E-state index is 6.36. The molecule has 1 atom stereocenters. The standard InChI is InChI=1S/C19H19BrClN5.ClH/c1-3-25-17-11-23-18(13-6-4-5-7-15(13)20)14-10-12(21)8-9-16(14)26(17)19(22-2)24-25;/h4-10,17H,3,11H2,1-2H3,(H,22,24);1H. The normalized spacial score (nSPS) is 18.7. The van der Waals surface area contributed by atoms with Crippen LogP contribution in [0.3, 0.4) is 0 Å². The van der Waals surface area contributed by atoms with Crippen LogP contribution in [-0.4, -0.2) is 47.6 Å². The van der Waals surface area contributed by atoms with Crippen molar-refractivity contribution in [1.82, 2.24) is 15.8 Å². The first-order valence-corrected chi connectivity index (χ1v) is 9.77. The van der Waals surface area contributed by atoms with Gasteiger partial charge in [-0.2, -0.15) is 5.43 Å². The third-order valence-corrected chi connectivity index (χ3v) is 5.67. The van der Waals surface area contributed by atoms with Crippen molar-refractivity contribution in [3.63, 3.8) is 0 Å². The van der Waals surface area contributed by atoms with E-state index in [-0.39, 0.29) is 18.6 Å². The molecule has 0 aliphatic carbocycles. The van der Waals surface area contributed by atoms with Crippen molar-refractivity contribution < 1.29 is 17.0 Å². The molecule has 0 saturated carbocycles. The Kier molecular flexibility index (Phi) is 6.11. The molecule has 2 aromatic carbocycles. The van der Waals surface area contributed by atoms with E-state index in [0.717, 1.165) is 39.5 Å². The van der Waals surface area contributed by atoms with Gasteiger partial charge < -0.3 is 12.4 Å². The Morgan fingerprint density at radius 1 is 1.30 bits per heavy atom. The molecule has 27 heavy (non-hydrogen) atoms. The lowest BCUT2D eigenvalue weighted by Crippen LogP contribution is -3.00. The number of nitrogens with zero attached hydrogens (tertiary/aromatic N) is 3. The van der Waals surface area contributed by atoms with E-state index in [9.17, 15) is 0 Å². The van der Waals surface area contributed by atoms with E-state index in [1.807, 2.05) is 37.4 Å². The smallest absolute Gasteiger partial charge is 0.369 e. The molecule has 0 bridgehead atoms. The molecular weight excluding hydrogens is 449 g/mol. The molecule has 8 heteroatoms. The average molecular weight is 469 g/mol. The first-order valence-electron chi connectivity index (χ1n) is 8.60. The van der Waals surface area contributed by atoms with Crippen LogP contribution in [-0.2, 0) is 0 Å². The second kappa shape index (κ2) is 8.19. The van der Waals surface area contributed by atoms with Crippen molar-refractivity contribution >= 4 is 44.9 Å². The number of guanidine groups is 1. The van der Waals surface area contributed by atoms with Gasteiger partial charge in [0.1, 0.15) is 5.69 Å². The molecule has 2 N–H and O–H groups in total. The molecule has 2 aliphatic rings. The van der Waals surface area contributed by atoms with Crippen LogP contribution in [0.5, 0.6) is 0 Å². The van der Waals surface area contributed by atoms with E-state index in [1.54, 1.807) is 0 Å². The van der Waals surface area contributed by atoms with E-state index < -0.39 is 0 Å². The lowest BCUT2D eigenvalue weighted by Gasteiger charge is -2.18. The van der Waals surface area contributed by atoms with Crippen LogP contribution in [0, 0.1) is 0 Å². The number of nitrogens with one attached hydrogen (secondary N) is 2. The van der Waals surface area contributed by atoms with Crippen molar-refractivity contribution in [2.24, 2.45) is 4.99 Å². The summed E-state index contributed by atoms with van der Waals surface area (Å²) in [6.45, 7) is 3.65. The van der Waals surface area contributed by atoms with Crippen molar-refractivity contribution in [3.05, 3.63) is 63.1 Å². The van der Waals surface area contributed by atoms with Crippen molar-refractivity contribution in [2.45, 2.75) is 13.1 Å². The molecule has 142 valence electrons. The summed E-state index contributed by atoms with van der Waals surface area (Å²) in [6, 6.07) is 14.2. The van der Waals surface area contributed by atoms with Crippen molar-refractivity contribution in [1.29, 1.82) is 0 Å². The molecular formula is C19H20BrCl2N5. The molecule has 2 heterocycles. The third kappa shape index (κ3) is 3.47. The first-order chi connectivity index (χ1) is 12.6. The summed E-state index contributed by atoms with van der Waals surface area (Å²) < 4.78 is 3.29.